The van der Waals surface area contributed by atoms with E-state index in [4.69, 9.17) is 27.4 Å². The fraction of sp³-hybridized carbons (Fsp3) is 0.500. The topological polar surface area (TPSA) is 44.5 Å². The molecule has 0 saturated heterocycles. The van der Waals surface area contributed by atoms with Crippen LogP contribution in [0.25, 0.3) is 0 Å². The lowest BCUT2D eigenvalue weighted by Crippen LogP contribution is -2.30. The van der Waals surface area contributed by atoms with E-state index in [0.717, 1.165) is 41.5 Å². The van der Waals surface area contributed by atoms with Crippen molar-refractivity contribution < 1.29 is 9.47 Å². The summed E-state index contributed by atoms with van der Waals surface area (Å²) in [4.78, 5) is 0.357. The molecule has 19 heavy (non-hydrogen) atoms. The minimum atomic E-state index is 0.174. The molecule has 0 bridgehead atoms. The maximum atomic E-state index is 6.07. The first-order chi connectivity index (χ1) is 9.10. The minimum Gasteiger partial charge on any atom is -0.490 e. The Bertz CT molecular complexity index is 467. The molecule has 104 valence electrons. The standard InChI is InChI=1S/C14H18BrNO2S/c1-17-10-3-2-4-11(8-10)18-13-6-5-9(15)7-12(13)14(16)19/h5-7,10-11H,2-4,8H2,1H3,(H2,16,19). The lowest BCUT2D eigenvalue weighted by Gasteiger charge is -2.29. The molecule has 1 aliphatic rings. The van der Waals surface area contributed by atoms with E-state index in [2.05, 4.69) is 15.9 Å². The maximum absolute atomic E-state index is 6.07. The number of rotatable bonds is 4. The van der Waals surface area contributed by atoms with Gasteiger partial charge in [0.15, 0.2) is 0 Å². The van der Waals surface area contributed by atoms with Crippen LogP contribution in [0.3, 0.4) is 0 Å². The van der Waals surface area contributed by atoms with Crippen LogP contribution >= 0.6 is 28.1 Å². The summed E-state index contributed by atoms with van der Waals surface area (Å²) < 4.78 is 12.4. The molecule has 0 heterocycles. The molecule has 1 aliphatic carbocycles. The molecule has 0 radical (unpaired) electrons. The molecule has 0 spiro atoms. The number of ether oxygens (including phenoxy) is 2. The SMILES string of the molecule is COC1CCCC(Oc2ccc(Br)cc2C(N)=S)C1. The van der Waals surface area contributed by atoms with Gasteiger partial charge in [0, 0.05) is 18.0 Å². The van der Waals surface area contributed by atoms with Gasteiger partial charge in [-0.25, -0.2) is 0 Å². The molecular formula is C14H18BrNO2S. The summed E-state index contributed by atoms with van der Waals surface area (Å²) in [6, 6.07) is 5.75. The van der Waals surface area contributed by atoms with Gasteiger partial charge in [0.2, 0.25) is 0 Å². The zero-order valence-electron chi connectivity index (χ0n) is 10.9. The predicted molar refractivity (Wildman–Crippen MR) is 83.7 cm³/mol. The number of thiocarbonyl (C=S) groups is 1. The van der Waals surface area contributed by atoms with Crippen molar-refractivity contribution in [3.05, 3.63) is 28.2 Å². The first-order valence-electron chi connectivity index (χ1n) is 6.39. The summed E-state index contributed by atoms with van der Waals surface area (Å²) in [5, 5.41) is 0. The Morgan fingerprint density at radius 2 is 2.11 bits per heavy atom. The fourth-order valence-electron chi connectivity index (χ4n) is 2.40. The molecule has 1 saturated carbocycles. The van der Waals surface area contributed by atoms with E-state index in [1.807, 2.05) is 18.2 Å². The summed E-state index contributed by atoms with van der Waals surface area (Å²) in [5.41, 5.74) is 6.53. The number of nitrogens with two attached hydrogens (primary N) is 1. The van der Waals surface area contributed by atoms with Crippen molar-refractivity contribution in [2.75, 3.05) is 7.11 Å². The quantitative estimate of drug-likeness (QED) is 0.850. The molecule has 5 heteroatoms. The van der Waals surface area contributed by atoms with Crippen molar-refractivity contribution in [3.8, 4) is 5.75 Å². The predicted octanol–water partition coefficient (Wildman–Crippen LogP) is 3.42. The van der Waals surface area contributed by atoms with E-state index in [0.29, 0.717) is 11.1 Å². The molecule has 1 fully saturated rings. The van der Waals surface area contributed by atoms with Crippen LogP contribution in [0.2, 0.25) is 0 Å². The summed E-state index contributed by atoms with van der Waals surface area (Å²) in [6.45, 7) is 0. The Hall–Kier alpha value is -0.650. The highest BCUT2D eigenvalue weighted by Gasteiger charge is 2.24. The van der Waals surface area contributed by atoms with Gasteiger partial charge in [-0.1, -0.05) is 28.1 Å². The average Bonchev–Trinajstić information content (AvgIpc) is 2.41. The fourth-order valence-corrected chi connectivity index (χ4v) is 2.92. The Morgan fingerprint density at radius 1 is 1.37 bits per heavy atom. The van der Waals surface area contributed by atoms with Gasteiger partial charge in [0.05, 0.1) is 11.7 Å². The van der Waals surface area contributed by atoms with Crippen molar-refractivity contribution in [3.63, 3.8) is 0 Å². The summed E-state index contributed by atoms with van der Waals surface area (Å²) in [6.07, 6.45) is 4.67. The van der Waals surface area contributed by atoms with Crippen LogP contribution < -0.4 is 10.5 Å². The highest BCUT2D eigenvalue weighted by atomic mass is 79.9. The molecule has 3 nitrogen and oxygen atoms in total. The van der Waals surface area contributed by atoms with E-state index in [1.54, 1.807) is 7.11 Å². The first kappa shape index (κ1) is 14.8. The second-order valence-electron chi connectivity index (χ2n) is 4.77. The monoisotopic (exact) mass is 343 g/mol. The van der Waals surface area contributed by atoms with Crippen molar-refractivity contribution in [1.82, 2.24) is 0 Å². The van der Waals surface area contributed by atoms with Crippen LogP contribution in [0.15, 0.2) is 22.7 Å². The van der Waals surface area contributed by atoms with E-state index in [9.17, 15) is 0 Å². The number of halogens is 1. The molecule has 2 unspecified atom stereocenters. The summed E-state index contributed by atoms with van der Waals surface area (Å²) in [5.74, 6) is 0.762. The molecule has 1 aromatic carbocycles. The highest BCUT2D eigenvalue weighted by Crippen LogP contribution is 2.29. The van der Waals surface area contributed by atoms with Gasteiger partial charge in [0.25, 0.3) is 0 Å². The maximum Gasteiger partial charge on any atom is 0.129 e. The van der Waals surface area contributed by atoms with Crippen molar-refractivity contribution >= 4 is 33.1 Å². The van der Waals surface area contributed by atoms with Crippen LogP contribution in [-0.2, 0) is 4.74 Å². The van der Waals surface area contributed by atoms with E-state index >= 15 is 0 Å². The van der Waals surface area contributed by atoms with Gasteiger partial charge in [-0.2, -0.15) is 0 Å². The Kier molecular flexibility index (Phi) is 5.19. The second-order valence-corrected chi connectivity index (χ2v) is 6.12. The van der Waals surface area contributed by atoms with Crippen molar-refractivity contribution in [2.45, 2.75) is 37.9 Å². The molecule has 0 aliphatic heterocycles. The molecule has 2 atom stereocenters. The van der Waals surface area contributed by atoms with Crippen molar-refractivity contribution in [1.29, 1.82) is 0 Å². The number of hydrogen-bond donors (Lipinski definition) is 1. The van der Waals surface area contributed by atoms with E-state index in [1.165, 1.54) is 0 Å². The molecule has 0 amide bonds. The summed E-state index contributed by atoms with van der Waals surface area (Å²) >= 11 is 8.49. The first-order valence-corrected chi connectivity index (χ1v) is 7.59. The lowest BCUT2D eigenvalue weighted by atomic mass is 9.95. The number of methoxy groups -OCH3 is 1. The van der Waals surface area contributed by atoms with Gasteiger partial charge in [-0.05, 0) is 37.5 Å². The van der Waals surface area contributed by atoms with Gasteiger partial charge < -0.3 is 15.2 Å². The molecule has 2 N–H and O–H groups in total. The second kappa shape index (κ2) is 6.68. The number of hydrogen-bond acceptors (Lipinski definition) is 3. The average molecular weight is 344 g/mol. The highest BCUT2D eigenvalue weighted by molar-refractivity contribution is 9.10. The van der Waals surface area contributed by atoms with Crippen LogP contribution in [0, 0.1) is 0 Å². The van der Waals surface area contributed by atoms with Crippen LogP contribution in [0.4, 0.5) is 0 Å². The zero-order chi connectivity index (χ0) is 13.8. The van der Waals surface area contributed by atoms with Gasteiger partial charge in [0.1, 0.15) is 16.8 Å². The normalized spacial score (nSPS) is 23.1. The minimum absolute atomic E-state index is 0.174. The molecule has 2 rings (SSSR count). The zero-order valence-corrected chi connectivity index (χ0v) is 13.3. The Morgan fingerprint density at radius 3 is 2.79 bits per heavy atom. The van der Waals surface area contributed by atoms with Gasteiger partial charge in [-0.3, -0.25) is 0 Å². The number of benzene rings is 1. The van der Waals surface area contributed by atoms with Crippen molar-refractivity contribution in [2.24, 2.45) is 5.73 Å². The molecule has 1 aromatic rings. The van der Waals surface area contributed by atoms with Crippen LogP contribution in [0.1, 0.15) is 31.2 Å². The smallest absolute Gasteiger partial charge is 0.129 e. The Labute approximate surface area is 127 Å². The Balaban J connectivity index is 2.12. The third kappa shape index (κ3) is 3.91. The van der Waals surface area contributed by atoms with Crippen LogP contribution in [-0.4, -0.2) is 24.3 Å². The summed E-state index contributed by atoms with van der Waals surface area (Å²) in [7, 11) is 1.76. The van der Waals surface area contributed by atoms with E-state index in [-0.39, 0.29) is 6.10 Å². The third-order valence-corrected chi connectivity index (χ3v) is 4.13. The largest absolute Gasteiger partial charge is 0.490 e. The molecular weight excluding hydrogens is 326 g/mol. The molecule has 0 aromatic heterocycles. The van der Waals surface area contributed by atoms with Crippen LogP contribution in [0.5, 0.6) is 5.75 Å². The third-order valence-electron chi connectivity index (χ3n) is 3.41. The lowest BCUT2D eigenvalue weighted by molar-refractivity contribution is 0.0209. The van der Waals surface area contributed by atoms with E-state index < -0.39 is 0 Å². The van der Waals surface area contributed by atoms with Gasteiger partial charge in [-0.15, -0.1) is 0 Å². The van der Waals surface area contributed by atoms with Gasteiger partial charge >= 0.3 is 0 Å².